The van der Waals surface area contributed by atoms with Crippen molar-refractivity contribution in [3.05, 3.63) is 28.8 Å². The molecule has 1 atom stereocenters. The molecule has 1 aliphatic heterocycles. The summed E-state index contributed by atoms with van der Waals surface area (Å²) in [4.78, 5) is 13.9. The molecule has 0 aliphatic carbocycles. The fourth-order valence-electron chi connectivity index (χ4n) is 2.62. The van der Waals surface area contributed by atoms with Gasteiger partial charge in [-0.25, -0.2) is 0 Å². The van der Waals surface area contributed by atoms with Gasteiger partial charge in [0.15, 0.2) is 0 Å². The molecule has 5 heteroatoms. The monoisotopic (exact) mass is 310 g/mol. The molecule has 4 nitrogen and oxygen atoms in total. The van der Waals surface area contributed by atoms with Crippen LogP contribution in [0.15, 0.2) is 18.2 Å². The summed E-state index contributed by atoms with van der Waals surface area (Å²) < 4.78 is 4.92. The van der Waals surface area contributed by atoms with Gasteiger partial charge in [0, 0.05) is 23.8 Å². The molecule has 1 saturated heterocycles. The van der Waals surface area contributed by atoms with Crippen molar-refractivity contribution in [1.29, 1.82) is 0 Å². The Kier molecular flexibility index (Phi) is 5.88. The van der Waals surface area contributed by atoms with Gasteiger partial charge in [-0.05, 0) is 50.3 Å². The molecule has 1 unspecified atom stereocenters. The molecule has 1 aromatic rings. The summed E-state index contributed by atoms with van der Waals surface area (Å²) in [6.45, 7) is 4.27. The maximum Gasteiger partial charge on any atom is 0.323 e. The first-order valence-corrected chi connectivity index (χ1v) is 7.95. The Balaban J connectivity index is 2.03. The van der Waals surface area contributed by atoms with E-state index in [4.69, 9.17) is 22.1 Å². The van der Waals surface area contributed by atoms with Crippen LogP contribution in [-0.4, -0.2) is 31.7 Å². The lowest BCUT2D eigenvalue weighted by atomic mass is 10.0. The van der Waals surface area contributed by atoms with Crippen LogP contribution in [0, 0.1) is 0 Å². The molecule has 0 aromatic heterocycles. The van der Waals surface area contributed by atoms with Crippen LogP contribution in [0.3, 0.4) is 0 Å². The van der Waals surface area contributed by atoms with Crippen LogP contribution in [0.5, 0.6) is 0 Å². The summed E-state index contributed by atoms with van der Waals surface area (Å²) >= 11 is 6.34. The number of hydrogen-bond donors (Lipinski definition) is 1. The van der Waals surface area contributed by atoms with E-state index >= 15 is 0 Å². The summed E-state index contributed by atoms with van der Waals surface area (Å²) in [7, 11) is 0. The number of hydrogen-bond acceptors (Lipinski definition) is 4. The zero-order valence-corrected chi connectivity index (χ0v) is 13.2. The van der Waals surface area contributed by atoms with E-state index in [1.54, 1.807) is 6.92 Å². The van der Waals surface area contributed by atoms with Crippen LogP contribution in [-0.2, 0) is 16.0 Å². The van der Waals surface area contributed by atoms with Gasteiger partial charge in [0.1, 0.15) is 6.04 Å². The minimum atomic E-state index is -0.664. The molecule has 116 valence electrons. The highest BCUT2D eigenvalue weighted by Gasteiger charge is 2.18. The lowest BCUT2D eigenvalue weighted by Crippen LogP contribution is -2.34. The van der Waals surface area contributed by atoms with E-state index in [9.17, 15) is 4.79 Å². The topological polar surface area (TPSA) is 55.6 Å². The van der Waals surface area contributed by atoms with E-state index in [0.717, 1.165) is 24.3 Å². The number of benzene rings is 1. The first-order chi connectivity index (χ1) is 10.1. The maximum atomic E-state index is 11.6. The Morgan fingerprint density at radius 1 is 1.38 bits per heavy atom. The van der Waals surface area contributed by atoms with Crippen LogP contribution in [0.25, 0.3) is 0 Å². The Morgan fingerprint density at radius 3 is 2.71 bits per heavy atom. The normalized spacial score (nSPS) is 16.6. The van der Waals surface area contributed by atoms with Gasteiger partial charge in [-0.3, -0.25) is 4.79 Å². The summed E-state index contributed by atoms with van der Waals surface area (Å²) in [5.74, 6) is -0.381. The predicted molar refractivity (Wildman–Crippen MR) is 85.8 cm³/mol. The highest BCUT2D eigenvalue weighted by Crippen LogP contribution is 2.26. The zero-order chi connectivity index (χ0) is 15.2. The number of ether oxygens (including phenoxy) is 1. The summed E-state index contributed by atoms with van der Waals surface area (Å²) in [5.41, 5.74) is 7.87. The van der Waals surface area contributed by atoms with Gasteiger partial charge >= 0.3 is 5.97 Å². The molecule has 1 fully saturated rings. The van der Waals surface area contributed by atoms with E-state index in [0.29, 0.717) is 18.1 Å². The Bertz CT molecular complexity index is 487. The first kappa shape index (κ1) is 16.1. The number of halogens is 1. The van der Waals surface area contributed by atoms with E-state index in [2.05, 4.69) is 11.0 Å². The first-order valence-electron chi connectivity index (χ1n) is 7.57. The molecule has 2 N–H and O–H groups in total. The van der Waals surface area contributed by atoms with Crippen molar-refractivity contribution in [1.82, 2.24) is 0 Å². The predicted octanol–water partition coefficient (Wildman–Crippen LogP) is 2.76. The Morgan fingerprint density at radius 2 is 2.10 bits per heavy atom. The lowest BCUT2D eigenvalue weighted by Gasteiger charge is -2.29. The largest absolute Gasteiger partial charge is 0.465 e. The van der Waals surface area contributed by atoms with Gasteiger partial charge < -0.3 is 15.4 Å². The van der Waals surface area contributed by atoms with Gasteiger partial charge in [-0.2, -0.15) is 0 Å². The average molecular weight is 311 g/mol. The third kappa shape index (κ3) is 4.35. The lowest BCUT2D eigenvalue weighted by molar-refractivity contribution is -0.144. The van der Waals surface area contributed by atoms with Crippen molar-refractivity contribution < 1.29 is 9.53 Å². The third-order valence-electron chi connectivity index (χ3n) is 3.79. The van der Waals surface area contributed by atoms with Gasteiger partial charge in [0.2, 0.25) is 0 Å². The van der Waals surface area contributed by atoms with Crippen molar-refractivity contribution in [2.75, 3.05) is 24.6 Å². The second kappa shape index (κ2) is 7.66. The van der Waals surface area contributed by atoms with Gasteiger partial charge in [-0.15, -0.1) is 0 Å². The van der Waals surface area contributed by atoms with Gasteiger partial charge in [-0.1, -0.05) is 17.7 Å². The highest BCUT2D eigenvalue weighted by atomic mass is 35.5. The molecule has 2 rings (SSSR count). The fourth-order valence-corrected chi connectivity index (χ4v) is 2.87. The molecule has 1 heterocycles. The molecule has 21 heavy (non-hydrogen) atoms. The number of carbonyl (C=O) groups excluding carboxylic acids is 1. The van der Waals surface area contributed by atoms with Crippen LogP contribution in [0.1, 0.15) is 31.7 Å². The molecule has 0 amide bonds. The summed E-state index contributed by atoms with van der Waals surface area (Å²) in [5, 5.41) is 0.665. The van der Waals surface area contributed by atoms with Crippen molar-refractivity contribution >= 4 is 23.3 Å². The minimum Gasteiger partial charge on any atom is -0.465 e. The fraction of sp³-hybridized carbons (Fsp3) is 0.562. The standard InChI is InChI=1S/C16H23ClN2O2/c1-2-21-16(20)15(18)10-12-6-7-13(11-14(12)17)19-8-4-3-5-9-19/h6-7,11,15H,2-5,8-10,18H2,1H3. The zero-order valence-electron chi connectivity index (χ0n) is 12.5. The second-order valence-corrected chi connectivity index (χ2v) is 5.79. The average Bonchev–Trinajstić information content (AvgIpc) is 2.50. The molecule has 0 radical (unpaired) electrons. The minimum absolute atomic E-state index is 0.341. The summed E-state index contributed by atoms with van der Waals surface area (Å²) in [6.07, 6.45) is 4.16. The molecular formula is C16H23ClN2O2. The Hall–Kier alpha value is -1.26. The van der Waals surface area contributed by atoms with Crippen LogP contribution in [0.4, 0.5) is 5.69 Å². The molecule has 1 aliphatic rings. The Labute approximate surface area is 131 Å². The van der Waals surface area contributed by atoms with Crippen LogP contribution in [0.2, 0.25) is 5.02 Å². The smallest absolute Gasteiger partial charge is 0.323 e. The molecule has 0 bridgehead atoms. The van der Waals surface area contributed by atoms with Crippen LogP contribution >= 0.6 is 11.6 Å². The molecule has 0 saturated carbocycles. The third-order valence-corrected chi connectivity index (χ3v) is 4.14. The highest BCUT2D eigenvalue weighted by molar-refractivity contribution is 6.31. The number of piperidine rings is 1. The van der Waals surface area contributed by atoms with Crippen LogP contribution < -0.4 is 10.6 Å². The van der Waals surface area contributed by atoms with E-state index in [1.165, 1.54) is 19.3 Å². The number of carbonyl (C=O) groups is 1. The van der Waals surface area contributed by atoms with Crippen molar-refractivity contribution in [2.24, 2.45) is 5.73 Å². The number of anilines is 1. The number of rotatable bonds is 5. The summed E-state index contributed by atoms with van der Waals surface area (Å²) in [6, 6.07) is 5.33. The van der Waals surface area contributed by atoms with Crippen molar-refractivity contribution in [3.8, 4) is 0 Å². The SMILES string of the molecule is CCOC(=O)C(N)Cc1ccc(N2CCCCC2)cc1Cl. The molecule has 0 spiro atoms. The number of nitrogens with two attached hydrogens (primary N) is 1. The molecule has 1 aromatic carbocycles. The van der Waals surface area contributed by atoms with E-state index < -0.39 is 6.04 Å². The molecular weight excluding hydrogens is 288 g/mol. The maximum absolute atomic E-state index is 11.6. The van der Waals surface area contributed by atoms with Crippen molar-refractivity contribution in [2.45, 2.75) is 38.6 Å². The van der Waals surface area contributed by atoms with Gasteiger partial charge in [0.25, 0.3) is 0 Å². The van der Waals surface area contributed by atoms with Crippen molar-refractivity contribution in [3.63, 3.8) is 0 Å². The quantitative estimate of drug-likeness (QED) is 0.850. The van der Waals surface area contributed by atoms with E-state index in [-0.39, 0.29) is 5.97 Å². The second-order valence-electron chi connectivity index (χ2n) is 5.39. The number of nitrogens with zero attached hydrogens (tertiary/aromatic N) is 1. The van der Waals surface area contributed by atoms with Gasteiger partial charge in [0.05, 0.1) is 6.61 Å². The van der Waals surface area contributed by atoms with E-state index in [1.807, 2.05) is 12.1 Å². The number of esters is 1.